The summed E-state index contributed by atoms with van der Waals surface area (Å²) in [5.41, 5.74) is -1.92. The Morgan fingerprint density at radius 3 is 2.49 bits per heavy atom. The topological polar surface area (TPSA) is 111 Å². The molecule has 1 unspecified atom stereocenters. The largest absolute Gasteiger partial charge is 0.471 e. The number of halogens is 5. The van der Waals surface area contributed by atoms with Gasteiger partial charge in [0, 0.05) is 36.7 Å². The van der Waals surface area contributed by atoms with Gasteiger partial charge in [-0.3, -0.25) is 14.3 Å². The first-order valence-electron chi connectivity index (χ1n) is 11.5. The van der Waals surface area contributed by atoms with E-state index in [9.17, 15) is 31.5 Å². The summed E-state index contributed by atoms with van der Waals surface area (Å²) in [6.45, 7) is 0.269. The Kier molecular flexibility index (Phi) is 5.84. The van der Waals surface area contributed by atoms with Crippen LogP contribution in [-0.4, -0.2) is 57.8 Å². The molecular formula is C23H23F5N6O3. The summed E-state index contributed by atoms with van der Waals surface area (Å²) >= 11 is 0. The van der Waals surface area contributed by atoms with Crippen LogP contribution in [0.1, 0.15) is 59.4 Å². The summed E-state index contributed by atoms with van der Waals surface area (Å²) in [5, 5.41) is 8.19. The molecule has 2 N–H and O–H groups in total. The van der Waals surface area contributed by atoms with E-state index in [1.165, 1.54) is 7.05 Å². The third-order valence-corrected chi connectivity index (χ3v) is 7.25. The predicted molar refractivity (Wildman–Crippen MR) is 119 cm³/mol. The van der Waals surface area contributed by atoms with E-state index in [1.807, 2.05) is 0 Å². The Morgan fingerprint density at radius 1 is 1.22 bits per heavy atom. The number of nitrogens with zero attached hydrogens (tertiary/aromatic N) is 4. The van der Waals surface area contributed by atoms with Gasteiger partial charge in [-0.05, 0) is 37.3 Å². The lowest BCUT2D eigenvalue weighted by Crippen LogP contribution is -2.68. The molecule has 2 aromatic rings. The summed E-state index contributed by atoms with van der Waals surface area (Å²) in [4.78, 5) is 33.4. The van der Waals surface area contributed by atoms with Gasteiger partial charge in [-0.15, -0.1) is 0 Å². The van der Waals surface area contributed by atoms with Crippen molar-refractivity contribution in [2.24, 2.45) is 12.5 Å². The molecular weight excluding hydrogens is 503 g/mol. The molecule has 2 amide bonds. The fourth-order valence-corrected chi connectivity index (χ4v) is 5.50. The maximum atomic E-state index is 13.5. The maximum absolute atomic E-state index is 13.5. The fourth-order valence-electron chi connectivity index (χ4n) is 5.50. The van der Waals surface area contributed by atoms with Crippen LogP contribution in [0.5, 0.6) is 0 Å². The molecule has 37 heavy (non-hydrogen) atoms. The number of hydrogen-bond acceptors (Lipinski definition) is 6. The smallest absolute Gasteiger partial charge is 0.369 e. The second-order valence-corrected chi connectivity index (χ2v) is 9.80. The van der Waals surface area contributed by atoms with Gasteiger partial charge < -0.3 is 15.4 Å². The first-order valence-corrected chi connectivity index (χ1v) is 11.5. The van der Waals surface area contributed by atoms with Gasteiger partial charge in [0.25, 0.3) is 5.91 Å². The van der Waals surface area contributed by atoms with E-state index in [-0.39, 0.29) is 37.4 Å². The Hall–Kier alpha value is -3.42. The molecule has 3 fully saturated rings. The average molecular weight is 526 g/mol. The zero-order valence-corrected chi connectivity index (χ0v) is 19.8. The van der Waals surface area contributed by atoms with Gasteiger partial charge >= 0.3 is 12.1 Å². The van der Waals surface area contributed by atoms with Crippen molar-refractivity contribution < 1.29 is 36.3 Å². The van der Waals surface area contributed by atoms with Gasteiger partial charge in [-0.1, -0.05) is 0 Å². The van der Waals surface area contributed by atoms with Crippen LogP contribution in [0.4, 0.5) is 27.6 Å². The number of nitrogens with one attached hydrogen (secondary N) is 2. The Labute approximate surface area is 207 Å². The molecule has 1 atom stereocenters. The molecule has 3 saturated carbocycles. The number of carbonyl (C=O) groups excluding carboxylic acids is 2. The maximum Gasteiger partial charge on any atom is 0.471 e. The van der Waals surface area contributed by atoms with E-state index < -0.39 is 52.7 Å². The van der Waals surface area contributed by atoms with Crippen molar-refractivity contribution >= 4 is 23.1 Å². The van der Waals surface area contributed by atoms with Crippen molar-refractivity contribution in [3.05, 3.63) is 41.2 Å². The van der Waals surface area contributed by atoms with E-state index in [0.717, 1.165) is 5.56 Å². The molecule has 4 aliphatic rings. The number of anilines is 1. The highest BCUT2D eigenvalue weighted by Gasteiger charge is 2.73. The molecule has 1 aliphatic heterocycles. The molecule has 2 aromatic heterocycles. The highest BCUT2D eigenvalue weighted by Crippen LogP contribution is 2.76. The van der Waals surface area contributed by atoms with E-state index in [1.54, 1.807) is 35.5 Å². The van der Waals surface area contributed by atoms with Crippen molar-refractivity contribution in [2.45, 2.75) is 49.8 Å². The van der Waals surface area contributed by atoms with E-state index in [0.29, 0.717) is 12.0 Å². The number of carbonyl (C=O) groups is 2. The van der Waals surface area contributed by atoms with E-state index >= 15 is 0 Å². The fraction of sp³-hybridized carbons (Fsp3) is 0.522. The van der Waals surface area contributed by atoms with Crippen molar-refractivity contribution in [3.63, 3.8) is 0 Å². The first-order chi connectivity index (χ1) is 17.4. The summed E-state index contributed by atoms with van der Waals surface area (Å²) in [5.74, 6) is -3.10. The standard InChI is InChI=1S/C23H23F5N6O3/c1-29-18(35)15-14(32-20(36)23(26,27)28)16(21-8-22(9-21,10-21)19(24)25)33-17(31-15)11-3-4-37-13(5-11)12-6-30-34(2)7-12/h5-7,13,19H,3-4,8-10H2,1-2H3,(H,29,35)(H,32,36). The molecule has 0 radical (unpaired) electrons. The Bertz CT molecular complexity index is 1280. The SMILES string of the molecule is CNC(=O)c1nc(C2=CC(c3cnn(C)c3)OCC2)nc(C23CC(C(F)F)(C2)C3)c1NC(=O)C(F)(F)F. The van der Waals surface area contributed by atoms with Crippen LogP contribution in [0.25, 0.3) is 5.57 Å². The number of alkyl halides is 5. The van der Waals surface area contributed by atoms with Crippen LogP contribution in [0.15, 0.2) is 18.5 Å². The zero-order valence-electron chi connectivity index (χ0n) is 19.8. The van der Waals surface area contributed by atoms with Crippen LogP contribution < -0.4 is 10.6 Å². The highest BCUT2D eigenvalue weighted by atomic mass is 19.4. The number of aromatic nitrogens is 4. The van der Waals surface area contributed by atoms with Crippen molar-refractivity contribution in [3.8, 4) is 0 Å². The van der Waals surface area contributed by atoms with Crippen molar-refractivity contribution in [1.29, 1.82) is 0 Å². The molecule has 0 saturated heterocycles. The summed E-state index contributed by atoms with van der Waals surface area (Å²) < 4.78 is 73.9. The number of rotatable bonds is 6. The highest BCUT2D eigenvalue weighted by molar-refractivity contribution is 6.04. The predicted octanol–water partition coefficient (Wildman–Crippen LogP) is 3.30. The number of ether oxygens (including phenoxy) is 1. The van der Waals surface area contributed by atoms with Gasteiger partial charge in [-0.25, -0.2) is 18.7 Å². The van der Waals surface area contributed by atoms with Crippen LogP contribution in [0.3, 0.4) is 0 Å². The number of aryl methyl sites for hydroxylation is 1. The van der Waals surface area contributed by atoms with E-state index in [4.69, 9.17) is 4.74 Å². The average Bonchev–Trinajstić information content (AvgIpc) is 3.23. The molecule has 6 rings (SSSR count). The van der Waals surface area contributed by atoms with Gasteiger partial charge in [0.1, 0.15) is 6.10 Å². The molecule has 198 valence electrons. The number of hydrogen-bond donors (Lipinski definition) is 2. The van der Waals surface area contributed by atoms with Gasteiger partial charge in [-0.2, -0.15) is 18.3 Å². The Balaban J connectivity index is 1.62. The third-order valence-electron chi connectivity index (χ3n) is 7.25. The minimum Gasteiger partial charge on any atom is -0.369 e. The first kappa shape index (κ1) is 25.2. The molecule has 2 bridgehead atoms. The van der Waals surface area contributed by atoms with Crippen molar-refractivity contribution in [1.82, 2.24) is 25.1 Å². The van der Waals surface area contributed by atoms with Gasteiger partial charge in [0.05, 0.1) is 24.2 Å². The zero-order chi connectivity index (χ0) is 26.8. The quantitative estimate of drug-likeness (QED) is 0.559. The van der Waals surface area contributed by atoms with Crippen LogP contribution in [0, 0.1) is 5.41 Å². The molecule has 0 spiro atoms. The lowest BCUT2D eigenvalue weighted by atomic mass is 9.34. The van der Waals surface area contributed by atoms with Crippen molar-refractivity contribution in [2.75, 3.05) is 19.0 Å². The Morgan fingerprint density at radius 2 is 1.92 bits per heavy atom. The van der Waals surface area contributed by atoms with Crippen LogP contribution in [-0.2, 0) is 22.0 Å². The van der Waals surface area contributed by atoms with Crippen LogP contribution in [0.2, 0.25) is 0 Å². The summed E-state index contributed by atoms with van der Waals surface area (Å²) in [6.07, 6.45) is -2.96. The molecule has 14 heteroatoms. The second kappa shape index (κ2) is 8.57. The van der Waals surface area contributed by atoms with E-state index in [2.05, 4.69) is 20.4 Å². The van der Waals surface area contributed by atoms with Gasteiger partial charge in [0.15, 0.2) is 11.5 Å². The number of amides is 2. The monoisotopic (exact) mass is 526 g/mol. The molecule has 3 aliphatic carbocycles. The minimum absolute atomic E-state index is 0.0172. The van der Waals surface area contributed by atoms with Crippen LogP contribution >= 0.6 is 0 Å². The normalized spacial score (nSPS) is 26.7. The molecule has 9 nitrogen and oxygen atoms in total. The third kappa shape index (κ3) is 4.16. The minimum atomic E-state index is -5.25. The molecule has 0 aromatic carbocycles. The summed E-state index contributed by atoms with van der Waals surface area (Å²) in [6, 6.07) is 0. The molecule has 3 heterocycles. The summed E-state index contributed by atoms with van der Waals surface area (Å²) in [7, 11) is 3.00. The second-order valence-electron chi connectivity index (χ2n) is 9.80. The lowest BCUT2D eigenvalue weighted by molar-refractivity contribution is -0.223. The lowest BCUT2D eigenvalue weighted by Gasteiger charge is -2.69. The van der Waals surface area contributed by atoms with Gasteiger partial charge in [0.2, 0.25) is 6.43 Å².